The highest BCUT2D eigenvalue weighted by Gasteiger charge is 2.03. The minimum absolute atomic E-state index is 0.512. The number of benzene rings is 1. The Kier molecular flexibility index (Phi) is 7.19. The summed E-state index contributed by atoms with van der Waals surface area (Å²) in [7, 11) is 1.73. The second kappa shape index (κ2) is 8.14. The maximum absolute atomic E-state index is 5.04. The van der Waals surface area contributed by atoms with Gasteiger partial charge in [0.05, 0.1) is 6.61 Å². The Balaban J connectivity index is 2.53. The molecule has 0 heterocycles. The van der Waals surface area contributed by atoms with Crippen LogP contribution < -0.4 is 5.32 Å². The van der Waals surface area contributed by atoms with E-state index in [9.17, 15) is 0 Å². The van der Waals surface area contributed by atoms with Crippen LogP contribution in [0.2, 0.25) is 0 Å². The highest BCUT2D eigenvalue weighted by Crippen LogP contribution is 2.25. The molecule has 0 amide bonds. The lowest BCUT2D eigenvalue weighted by atomic mass is 10.2. The lowest BCUT2D eigenvalue weighted by molar-refractivity contribution is 0.218. The fraction of sp³-hybridized carbons (Fsp3) is 0.538. The first-order valence-corrected chi connectivity index (χ1v) is 7.55. The van der Waals surface area contributed by atoms with Crippen LogP contribution in [0.5, 0.6) is 0 Å². The van der Waals surface area contributed by atoms with E-state index in [-0.39, 0.29) is 0 Å². The van der Waals surface area contributed by atoms with Crippen LogP contribution in [0.3, 0.4) is 0 Å². The fourth-order valence-corrected chi connectivity index (χ4v) is 2.84. The van der Waals surface area contributed by atoms with E-state index in [0.29, 0.717) is 6.04 Å². The summed E-state index contributed by atoms with van der Waals surface area (Å²) in [6.07, 6.45) is 0. The lowest BCUT2D eigenvalue weighted by Crippen LogP contribution is -2.21. The van der Waals surface area contributed by atoms with Crippen LogP contribution in [0.25, 0.3) is 0 Å². The third kappa shape index (κ3) is 5.91. The molecule has 1 aromatic rings. The largest absolute Gasteiger partial charge is 0.384 e. The van der Waals surface area contributed by atoms with Crippen molar-refractivity contribution in [2.45, 2.75) is 31.3 Å². The van der Waals surface area contributed by atoms with Crippen molar-refractivity contribution in [3.8, 4) is 0 Å². The number of methoxy groups -OCH3 is 1. The molecule has 2 nitrogen and oxygen atoms in total. The van der Waals surface area contributed by atoms with Crippen LogP contribution in [0, 0.1) is 0 Å². The van der Waals surface area contributed by atoms with Gasteiger partial charge in [-0.15, -0.1) is 11.8 Å². The Morgan fingerprint density at radius 1 is 1.41 bits per heavy atom. The number of nitrogens with one attached hydrogen (secondary N) is 1. The molecule has 0 aliphatic carbocycles. The first-order chi connectivity index (χ1) is 8.13. The van der Waals surface area contributed by atoms with Gasteiger partial charge in [-0.25, -0.2) is 0 Å². The van der Waals surface area contributed by atoms with E-state index >= 15 is 0 Å². The van der Waals surface area contributed by atoms with Crippen molar-refractivity contribution in [3.05, 3.63) is 28.2 Å². The van der Waals surface area contributed by atoms with E-state index in [1.54, 1.807) is 7.11 Å². The molecule has 0 atom stereocenters. The van der Waals surface area contributed by atoms with Gasteiger partial charge >= 0.3 is 0 Å². The molecule has 0 saturated carbocycles. The molecule has 96 valence electrons. The third-order valence-corrected chi connectivity index (χ3v) is 3.98. The van der Waals surface area contributed by atoms with Crippen molar-refractivity contribution < 1.29 is 4.74 Å². The molecule has 0 bridgehead atoms. The first-order valence-electron chi connectivity index (χ1n) is 5.77. The first kappa shape index (κ1) is 15.0. The summed E-state index contributed by atoms with van der Waals surface area (Å²) in [6, 6.07) is 7.03. The van der Waals surface area contributed by atoms with Gasteiger partial charge < -0.3 is 10.1 Å². The summed E-state index contributed by atoms with van der Waals surface area (Å²) < 4.78 is 6.21. The molecule has 1 aromatic carbocycles. The van der Waals surface area contributed by atoms with Gasteiger partial charge in [0, 0.05) is 34.8 Å². The number of hydrogen-bond acceptors (Lipinski definition) is 3. The van der Waals surface area contributed by atoms with Gasteiger partial charge in [-0.1, -0.05) is 35.8 Å². The highest BCUT2D eigenvalue weighted by molar-refractivity contribution is 9.10. The van der Waals surface area contributed by atoms with E-state index < -0.39 is 0 Å². The summed E-state index contributed by atoms with van der Waals surface area (Å²) in [4.78, 5) is 1.28. The maximum atomic E-state index is 5.04. The predicted octanol–water partition coefficient (Wildman–Crippen LogP) is 3.69. The zero-order valence-corrected chi connectivity index (χ0v) is 13.0. The van der Waals surface area contributed by atoms with Crippen LogP contribution in [0.15, 0.2) is 27.6 Å². The number of thioether (sulfide) groups is 1. The fourth-order valence-electron chi connectivity index (χ4n) is 1.32. The molecule has 1 rings (SSSR count). The molecular weight excluding hydrogens is 298 g/mol. The molecule has 0 aliphatic rings. The predicted molar refractivity (Wildman–Crippen MR) is 78.7 cm³/mol. The normalized spacial score (nSPS) is 11.1. The SMILES string of the molecule is COCCSc1ccc(CNC(C)C)c(Br)c1. The lowest BCUT2D eigenvalue weighted by Gasteiger charge is -2.10. The van der Waals surface area contributed by atoms with E-state index in [1.165, 1.54) is 14.9 Å². The summed E-state index contributed by atoms with van der Waals surface area (Å²) in [5.41, 5.74) is 1.30. The smallest absolute Gasteiger partial charge is 0.0556 e. The van der Waals surface area contributed by atoms with Crippen LogP contribution >= 0.6 is 27.7 Å². The van der Waals surface area contributed by atoms with Crippen molar-refractivity contribution >= 4 is 27.7 Å². The molecule has 4 heteroatoms. The summed E-state index contributed by atoms with van der Waals surface area (Å²) in [5, 5.41) is 3.42. The molecule has 0 unspecified atom stereocenters. The van der Waals surface area contributed by atoms with Gasteiger partial charge in [-0.3, -0.25) is 0 Å². The zero-order chi connectivity index (χ0) is 12.7. The molecule has 0 saturated heterocycles. The molecule has 0 aliphatic heterocycles. The van der Waals surface area contributed by atoms with Gasteiger partial charge in [-0.2, -0.15) is 0 Å². The van der Waals surface area contributed by atoms with Crippen LogP contribution in [0.1, 0.15) is 19.4 Å². The topological polar surface area (TPSA) is 21.3 Å². The number of rotatable bonds is 7. The number of halogens is 1. The Labute approximate surface area is 117 Å². The van der Waals surface area contributed by atoms with E-state index in [4.69, 9.17) is 4.74 Å². The number of ether oxygens (including phenoxy) is 1. The highest BCUT2D eigenvalue weighted by atomic mass is 79.9. The van der Waals surface area contributed by atoms with Gasteiger partial charge in [-0.05, 0) is 17.7 Å². The monoisotopic (exact) mass is 317 g/mol. The van der Waals surface area contributed by atoms with Gasteiger partial charge in [0.2, 0.25) is 0 Å². The summed E-state index contributed by atoms with van der Waals surface area (Å²) in [5.74, 6) is 0.993. The molecule has 0 fully saturated rings. The molecule has 0 radical (unpaired) electrons. The minimum Gasteiger partial charge on any atom is -0.384 e. The van der Waals surface area contributed by atoms with Gasteiger partial charge in [0.1, 0.15) is 0 Å². The molecular formula is C13H20BrNOS. The van der Waals surface area contributed by atoms with Crippen molar-refractivity contribution in [3.63, 3.8) is 0 Å². The van der Waals surface area contributed by atoms with Crippen LogP contribution in [-0.2, 0) is 11.3 Å². The Hall–Kier alpha value is -0.0300. The van der Waals surface area contributed by atoms with Gasteiger partial charge in [0.15, 0.2) is 0 Å². The Morgan fingerprint density at radius 3 is 2.76 bits per heavy atom. The number of hydrogen-bond donors (Lipinski definition) is 1. The molecule has 0 spiro atoms. The van der Waals surface area contributed by atoms with Crippen LogP contribution in [-0.4, -0.2) is 25.5 Å². The van der Waals surface area contributed by atoms with E-state index in [0.717, 1.165) is 18.9 Å². The van der Waals surface area contributed by atoms with E-state index in [2.05, 4.69) is 53.3 Å². The van der Waals surface area contributed by atoms with Crippen molar-refractivity contribution in [1.82, 2.24) is 5.32 Å². The average molecular weight is 318 g/mol. The molecule has 17 heavy (non-hydrogen) atoms. The Morgan fingerprint density at radius 2 is 2.18 bits per heavy atom. The Bertz CT molecular complexity index is 344. The maximum Gasteiger partial charge on any atom is 0.0556 e. The second-order valence-corrected chi connectivity index (χ2v) is 6.15. The third-order valence-electron chi connectivity index (χ3n) is 2.28. The quantitative estimate of drug-likeness (QED) is 0.612. The second-order valence-electron chi connectivity index (χ2n) is 4.13. The summed E-state index contributed by atoms with van der Waals surface area (Å²) in [6.45, 7) is 6.01. The van der Waals surface area contributed by atoms with Gasteiger partial charge in [0.25, 0.3) is 0 Å². The standard InChI is InChI=1S/C13H20BrNOS/c1-10(2)15-9-11-4-5-12(8-13(11)14)17-7-6-16-3/h4-5,8,10,15H,6-7,9H2,1-3H3. The van der Waals surface area contributed by atoms with E-state index in [1.807, 2.05) is 11.8 Å². The molecule has 1 N–H and O–H groups in total. The zero-order valence-electron chi connectivity index (χ0n) is 10.6. The van der Waals surface area contributed by atoms with Crippen molar-refractivity contribution in [2.24, 2.45) is 0 Å². The van der Waals surface area contributed by atoms with Crippen LogP contribution in [0.4, 0.5) is 0 Å². The van der Waals surface area contributed by atoms with Crippen molar-refractivity contribution in [1.29, 1.82) is 0 Å². The minimum atomic E-state index is 0.512. The van der Waals surface area contributed by atoms with Crippen molar-refractivity contribution in [2.75, 3.05) is 19.5 Å². The summed E-state index contributed by atoms with van der Waals surface area (Å²) >= 11 is 5.44. The average Bonchev–Trinajstić information content (AvgIpc) is 2.28. The molecule has 0 aromatic heterocycles.